The van der Waals surface area contributed by atoms with Crippen LogP contribution in [0.4, 0.5) is 0 Å². The van der Waals surface area contributed by atoms with Crippen LogP contribution in [0, 0.1) is 0 Å². The SMILES string of the molecule is O=C(NO)c1ccc(Sc2nc(C3CC3)n(-c3ccccc3)n2)cc1. The van der Waals surface area contributed by atoms with Crippen molar-refractivity contribution in [2.75, 3.05) is 0 Å². The number of aromatic nitrogens is 3. The molecule has 4 rings (SSSR count). The Kier molecular flexibility index (Phi) is 4.25. The molecule has 6 nitrogen and oxygen atoms in total. The average Bonchev–Trinajstić information content (AvgIpc) is 3.43. The number of rotatable bonds is 5. The van der Waals surface area contributed by atoms with Gasteiger partial charge in [-0.25, -0.2) is 15.1 Å². The maximum absolute atomic E-state index is 11.4. The summed E-state index contributed by atoms with van der Waals surface area (Å²) >= 11 is 1.45. The van der Waals surface area contributed by atoms with E-state index >= 15 is 0 Å². The molecule has 1 aliphatic rings. The summed E-state index contributed by atoms with van der Waals surface area (Å²) in [5.41, 5.74) is 3.03. The van der Waals surface area contributed by atoms with Crippen molar-refractivity contribution in [1.82, 2.24) is 20.2 Å². The van der Waals surface area contributed by atoms with Crippen molar-refractivity contribution < 1.29 is 10.0 Å². The highest BCUT2D eigenvalue weighted by molar-refractivity contribution is 7.99. The quantitative estimate of drug-likeness (QED) is 0.543. The van der Waals surface area contributed by atoms with Gasteiger partial charge in [-0.1, -0.05) is 18.2 Å². The minimum absolute atomic E-state index is 0.397. The predicted octanol–water partition coefficient (Wildman–Crippen LogP) is 3.41. The number of carbonyl (C=O) groups excluding carboxylic acids is 1. The molecular formula is C18H16N4O2S. The Morgan fingerprint density at radius 1 is 1.12 bits per heavy atom. The third-order valence-electron chi connectivity index (χ3n) is 3.98. The minimum Gasteiger partial charge on any atom is -0.288 e. The van der Waals surface area contributed by atoms with Gasteiger partial charge in [-0.3, -0.25) is 10.0 Å². The topological polar surface area (TPSA) is 80.0 Å². The monoisotopic (exact) mass is 352 g/mol. The molecule has 1 aromatic heterocycles. The number of hydroxylamine groups is 1. The normalized spacial score (nSPS) is 13.6. The number of hydrogen-bond acceptors (Lipinski definition) is 5. The first-order valence-electron chi connectivity index (χ1n) is 7.99. The van der Waals surface area contributed by atoms with Gasteiger partial charge in [-0.2, -0.15) is 0 Å². The zero-order valence-corrected chi connectivity index (χ0v) is 14.1. The second-order valence-corrected chi connectivity index (χ2v) is 6.88. The van der Waals surface area contributed by atoms with E-state index in [1.807, 2.05) is 47.1 Å². The van der Waals surface area contributed by atoms with Gasteiger partial charge in [0.2, 0.25) is 5.16 Å². The summed E-state index contributed by atoms with van der Waals surface area (Å²) in [6, 6.07) is 17.0. The van der Waals surface area contributed by atoms with Gasteiger partial charge < -0.3 is 0 Å². The lowest BCUT2D eigenvalue weighted by atomic mass is 10.2. The molecule has 1 fully saturated rings. The summed E-state index contributed by atoms with van der Waals surface area (Å²) in [6.07, 6.45) is 2.31. The summed E-state index contributed by atoms with van der Waals surface area (Å²) in [7, 11) is 0. The first kappa shape index (κ1) is 15.9. The number of benzene rings is 2. The maximum Gasteiger partial charge on any atom is 0.274 e. The second-order valence-electron chi connectivity index (χ2n) is 5.84. The van der Waals surface area contributed by atoms with Gasteiger partial charge in [0.1, 0.15) is 5.82 Å². The van der Waals surface area contributed by atoms with Gasteiger partial charge in [0, 0.05) is 16.4 Å². The lowest BCUT2D eigenvalue weighted by Gasteiger charge is -2.03. The van der Waals surface area contributed by atoms with Crippen molar-refractivity contribution >= 4 is 17.7 Å². The molecule has 0 radical (unpaired) electrons. The molecule has 25 heavy (non-hydrogen) atoms. The van der Waals surface area contributed by atoms with Crippen LogP contribution in [-0.2, 0) is 0 Å². The fourth-order valence-electron chi connectivity index (χ4n) is 2.56. The number of para-hydroxylation sites is 1. The smallest absolute Gasteiger partial charge is 0.274 e. The zero-order chi connectivity index (χ0) is 17.2. The minimum atomic E-state index is -0.529. The summed E-state index contributed by atoms with van der Waals surface area (Å²) in [4.78, 5) is 17.0. The Bertz CT molecular complexity index is 889. The van der Waals surface area contributed by atoms with E-state index in [2.05, 4.69) is 5.10 Å². The van der Waals surface area contributed by atoms with Gasteiger partial charge in [0.25, 0.3) is 5.91 Å². The number of hydrogen-bond donors (Lipinski definition) is 2. The number of nitrogens with zero attached hydrogens (tertiary/aromatic N) is 3. The van der Waals surface area contributed by atoms with Crippen LogP contribution in [0.15, 0.2) is 64.6 Å². The number of carbonyl (C=O) groups is 1. The first-order valence-corrected chi connectivity index (χ1v) is 8.81. The lowest BCUT2D eigenvalue weighted by Crippen LogP contribution is -2.18. The van der Waals surface area contributed by atoms with E-state index < -0.39 is 5.91 Å². The van der Waals surface area contributed by atoms with E-state index in [1.54, 1.807) is 17.6 Å². The second kappa shape index (κ2) is 6.70. The fourth-order valence-corrected chi connectivity index (χ4v) is 3.30. The summed E-state index contributed by atoms with van der Waals surface area (Å²) in [5.74, 6) is 0.960. The molecule has 2 N–H and O–H groups in total. The van der Waals surface area contributed by atoms with Crippen molar-refractivity contribution in [3.05, 3.63) is 66.0 Å². The first-order chi connectivity index (χ1) is 12.2. The molecule has 0 atom stereocenters. The van der Waals surface area contributed by atoms with E-state index in [9.17, 15) is 4.79 Å². The van der Waals surface area contributed by atoms with Gasteiger partial charge in [0.15, 0.2) is 0 Å². The average molecular weight is 352 g/mol. The van der Waals surface area contributed by atoms with Crippen LogP contribution in [-0.4, -0.2) is 25.9 Å². The highest BCUT2D eigenvalue weighted by Gasteiger charge is 2.30. The molecule has 3 aromatic rings. The zero-order valence-electron chi connectivity index (χ0n) is 13.3. The molecular weight excluding hydrogens is 336 g/mol. The molecule has 7 heteroatoms. The summed E-state index contributed by atoms with van der Waals surface area (Å²) in [6.45, 7) is 0. The van der Waals surface area contributed by atoms with Gasteiger partial charge >= 0.3 is 0 Å². The highest BCUT2D eigenvalue weighted by atomic mass is 32.2. The van der Waals surface area contributed by atoms with E-state index in [-0.39, 0.29) is 0 Å². The highest BCUT2D eigenvalue weighted by Crippen LogP contribution is 2.41. The van der Waals surface area contributed by atoms with Crippen LogP contribution in [0.25, 0.3) is 5.69 Å². The van der Waals surface area contributed by atoms with E-state index in [0.29, 0.717) is 16.6 Å². The van der Waals surface area contributed by atoms with Crippen molar-refractivity contribution in [3.63, 3.8) is 0 Å². The Labute approximate surface area is 148 Å². The van der Waals surface area contributed by atoms with Crippen LogP contribution >= 0.6 is 11.8 Å². The van der Waals surface area contributed by atoms with E-state index in [0.717, 1.165) is 29.2 Å². The molecule has 1 aliphatic carbocycles. The molecule has 0 unspecified atom stereocenters. The molecule has 2 aromatic carbocycles. The third-order valence-corrected chi connectivity index (χ3v) is 4.85. The van der Waals surface area contributed by atoms with Gasteiger partial charge in [-0.05, 0) is 61.0 Å². The Hall–Kier alpha value is -2.64. The maximum atomic E-state index is 11.4. The molecule has 0 spiro atoms. The number of nitrogens with one attached hydrogen (secondary N) is 1. The fraction of sp³-hybridized carbons (Fsp3) is 0.167. The Morgan fingerprint density at radius 2 is 1.84 bits per heavy atom. The third kappa shape index (κ3) is 3.42. The van der Waals surface area contributed by atoms with E-state index in [4.69, 9.17) is 10.2 Å². The standard InChI is InChI=1S/C18H16N4O2S/c23-17(21-24)13-8-10-15(11-9-13)25-18-19-16(12-6-7-12)22(20-18)14-4-2-1-3-5-14/h1-5,8-12,24H,6-7H2,(H,21,23). The molecule has 1 saturated carbocycles. The van der Waals surface area contributed by atoms with Crippen molar-refractivity contribution in [3.8, 4) is 5.69 Å². The van der Waals surface area contributed by atoms with Crippen molar-refractivity contribution in [2.24, 2.45) is 0 Å². The molecule has 1 amide bonds. The molecule has 126 valence electrons. The molecule has 0 bridgehead atoms. The van der Waals surface area contributed by atoms with E-state index in [1.165, 1.54) is 11.8 Å². The van der Waals surface area contributed by atoms with Crippen LogP contribution in [0.3, 0.4) is 0 Å². The largest absolute Gasteiger partial charge is 0.288 e. The number of amides is 1. The Morgan fingerprint density at radius 3 is 2.48 bits per heavy atom. The van der Waals surface area contributed by atoms with Gasteiger partial charge in [-0.15, -0.1) is 5.10 Å². The van der Waals surface area contributed by atoms with Crippen molar-refractivity contribution in [1.29, 1.82) is 0 Å². The lowest BCUT2D eigenvalue weighted by molar-refractivity contribution is 0.0706. The van der Waals surface area contributed by atoms with Crippen molar-refractivity contribution in [2.45, 2.75) is 28.8 Å². The Balaban J connectivity index is 1.60. The molecule has 1 heterocycles. The van der Waals surface area contributed by atoms with Crippen LogP contribution in [0.5, 0.6) is 0 Å². The van der Waals surface area contributed by atoms with Gasteiger partial charge in [0.05, 0.1) is 5.69 Å². The van der Waals surface area contributed by atoms with Crippen LogP contribution in [0.1, 0.15) is 34.9 Å². The molecule has 0 saturated heterocycles. The molecule has 0 aliphatic heterocycles. The van der Waals surface area contributed by atoms with Crippen LogP contribution < -0.4 is 5.48 Å². The van der Waals surface area contributed by atoms with Crippen LogP contribution in [0.2, 0.25) is 0 Å². The summed E-state index contributed by atoms with van der Waals surface area (Å²) < 4.78 is 1.92. The summed E-state index contributed by atoms with van der Waals surface area (Å²) in [5, 5.41) is 14.0. The predicted molar refractivity (Wildman–Crippen MR) is 93.2 cm³/mol.